The molecule has 1 aliphatic heterocycles. The average molecular weight is 442 g/mol. The number of H-pyrrole nitrogens is 1. The standard InChI is InChI=1S/C20H9Cl2N3O5/c21-10-3-8-15(5-13(10)26)30-16-6-14(27)11(22)4-9(16)17(8)7-1-2-12-19(24-25-23-12)18(7)20(28)29/h1-6,26H,(H,28,29)(H,23,24,25). The van der Waals surface area contributed by atoms with Crippen LogP contribution in [0.25, 0.3) is 44.5 Å². The normalized spacial score (nSPS) is 11.5. The molecular weight excluding hydrogens is 433 g/mol. The maximum Gasteiger partial charge on any atom is 0.338 e. The molecule has 2 aliphatic rings. The summed E-state index contributed by atoms with van der Waals surface area (Å²) in [6, 6.07) is 8.59. The Balaban J connectivity index is 2.04. The van der Waals surface area contributed by atoms with Gasteiger partial charge in [0.25, 0.3) is 0 Å². The molecule has 0 fully saturated rings. The lowest BCUT2D eigenvalue weighted by atomic mass is 9.90. The quantitative estimate of drug-likeness (QED) is 0.342. The summed E-state index contributed by atoms with van der Waals surface area (Å²) in [4.78, 5) is 24.2. The van der Waals surface area contributed by atoms with Gasteiger partial charge in [0.2, 0.25) is 5.43 Å². The van der Waals surface area contributed by atoms with E-state index in [9.17, 15) is 19.8 Å². The number of rotatable bonds is 2. The molecule has 2 aromatic carbocycles. The predicted octanol–water partition coefficient (Wildman–Crippen LogP) is 4.55. The Morgan fingerprint density at radius 1 is 1.03 bits per heavy atom. The first-order chi connectivity index (χ1) is 14.3. The molecule has 1 aromatic heterocycles. The van der Waals surface area contributed by atoms with Crippen molar-refractivity contribution in [1.29, 1.82) is 0 Å². The number of halogens is 2. The minimum absolute atomic E-state index is 0.0456. The van der Waals surface area contributed by atoms with E-state index in [0.29, 0.717) is 27.6 Å². The SMILES string of the molecule is O=C(O)c1c(-c2c3cc(Cl)c(=O)cc-3oc3cc(O)c(Cl)cc23)ccc2n[nH]nc12. The predicted molar refractivity (Wildman–Crippen MR) is 111 cm³/mol. The summed E-state index contributed by atoms with van der Waals surface area (Å²) < 4.78 is 5.79. The van der Waals surface area contributed by atoms with E-state index in [1.807, 2.05) is 0 Å². The molecule has 0 radical (unpaired) electrons. The number of aromatic nitrogens is 3. The number of hydrogen-bond donors (Lipinski definition) is 3. The lowest BCUT2D eigenvalue weighted by Crippen LogP contribution is -2.05. The number of hydrogen-bond acceptors (Lipinski definition) is 6. The Morgan fingerprint density at radius 2 is 1.83 bits per heavy atom. The van der Waals surface area contributed by atoms with Gasteiger partial charge in [-0.15, -0.1) is 0 Å². The van der Waals surface area contributed by atoms with E-state index in [4.69, 9.17) is 27.6 Å². The molecule has 0 saturated heterocycles. The Labute approximate surface area is 176 Å². The number of nitrogens with one attached hydrogen (secondary N) is 1. The Kier molecular flexibility index (Phi) is 3.96. The van der Waals surface area contributed by atoms with Gasteiger partial charge in [-0.25, -0.2) is 4.79 Å². The second-order valence-corrected chi connectivity index (χ2v) is 7.35. The van der Waals surface area contributed by atoms with Crippen molar-refractivity contribution in [1.82, 2.24) is 15.4 Å². The number of nitrogens with zero attached hydrogens (tertiary/aromatic N) is 2. The van der Waals surface area contributed by atoms with Crippen molar-refractivity contribution in [2.75, 3.05) is 0 Å². The second-order valence-electron chi connectivity index (χ2n) is 6.54. The van der Waals surface area contributed by atoms with Crippen molar-refractivity contribution in [3.63, 3.8) is 0 Å². The minimum Gasteiger partial charge on any atom is -0.506 e. The van der Waals surface area contributed by atoms with Gasteiger partial charge in [0.15, 0.2) is 0 Å². The minimum atomic E-state index is -1.22. The second kappa shape index (κ2) is 6.45. The maximum absolute atomic E-state index is 12.2. The number of aromatic carboxylic acids is 1. The van der Waals surface area contributed by atoms with Crippen molar-refractivity contribution < 1.29 is 19.4 Å². The summed E-state index contributed by atoms with van der Waals surface area (Å²) in [6.45, 7) is 0. The lowest BCUT2D eigenvalue weighted by molar-refractivity contribution is 0.0699. The van der Waals surface area contributed by atoms with Crippen LogP contribution in [0.2, 0.25) is 10.0 Å². The van der Waals surface area contributed by atoms with Crippen molar-refractivity contribution in [3.05, 3.63) is 62.2 Å². The number of fused-ring (bicyclic) bond motifs is 3. The van der Waals surface area contributed by atoms with Crippen LogP contribution in [-0.4, -0.2) is 31.6 Å². The number of carboxylic acid groups (broad SMARTS) is 1. The van der Waals surface area contributed by atoms with Gasteiger partial charge in [-0.2, -0.15) is 15.4 Å². The summed E-state index contributed by atoms with van der Waals surface area (Å²) in [5.74, 6) is -1.27. The Hall–Kier alpha value is -3.62. The van der Waals surface area contributed by atoms with Crippen molar-refractivity contribution >= 4 is 51.2 Å². The van der Waals surface area contributed by atoms with Crippen LogP contribution in [-0.2, 0) is 0 Å². The van der Waals surface area contributed by atoms with Gasteiger partial charge in [0, 0.05) is 34.2 Å². The summed E-state index contributed by atoms with van der Waals surface area (Å²) in [6.07, 6.45) is 0. The van der Waals surface area contributed by atoms with E-state index in [-0.39, 0.29) is 38.2 Å². The highest BCUT2D eigenvalue weighted by molar-refractivity contribution is 6.33. The molecule has 3 aromatic rings. The maximum atomic E-state index is 12.2. The van der Waals surface area contributed by atoms with Crippen LogP contribution in [0.3, 0.4) is 0 Å². The summed E-state index contributed by atoms with van der Waals surface area (Å²) in [5, 5.41) is 30.7. The van der Waals surface area contributed by atoms with Crippen molar-refractivity contribution in [2.24, 2.45) is 0 Å². The van der Waals surface area contributed by atoms with Crippen LogP contribution in [0.15, 0.2) is 45.6 Å². The van der Waals surface area contributed by atoms with E-state index >= 15 is 0 Å². The van der Waals surface area contributed by atoms with Gasteiger partial charge in [-0.05, 0) is 18.2 Å². The number of carbonyl (C=O) groups is 1. The number of phenols is 1. The third-order valence-electron chi connectivity index (χ3n) is 4.81. The molecule has 0 saturated carbocycles. The largest absolute Gasteiger partial charge is 0.506 e. The van der Waals surface area contributed by atoms with Gasteiger partial charge >= 0.3 is 5.97 Å². The first-order valence-electron chi connectivity index (χ1n) is 8.51. The highest BCUT2D eigenvalue weighted by Gasteiger charge is 2.26. The number of aromatic hydroxyl groups is 1. The smallest absolute Gasteiger partial charge is 0.338 e. The molecule has 0 bridgehead atoms. The van der Waals surface area contributed by atoms with Gasteiger partial charge in [0.1, 0.15) is 28.1 Å². The Bertz CT molecular complexity index is 1540. The molecular formula is C20H9Cl2N3O5. The van der Waals surface area contributed by atoms with Crippen LogP contribution in [0.1, 0.15) is 10.4 Å². The lowest BCUT2D eigenvalue weighted by Gasteiger charge is -2.17. The molecule has 1 aliphatic carbocycles. The van der Waals surface area contributed by atoms with E-state index < -0.39 is 11.4 Å². The molecule has 0 atom stereocenters. The van der Waals surface area contributed by atoms with E-state index in [0.717, 1.165) is 0 Å². The van der Waals surface area contributed by atoms with Crippen LogP contribution >= 0.6 is 23.2 Å². The zero-order chi connectivity index (χ0) is 21.2. The highest BCUT2D eigenvalue weighted by atomic mass is 35.5. The fraction of sp³-hybridized carbons (Fsp3) is 0. The molecule has 5 rings (SSSR count). The fourth-order valence-electron chi connectivity index (χ4n) is 3.53. The highest BCUT2D eigenvalue weighted by Crippen LogP contribution is 2.44. The van der Waals surface area contributed by atoms with Gasteiger partial charge in [-0.1, -0.05) is 29.3 Å². The number of carboxylic acids is 1. The average Bonchev–Trinajstić information content (AvgIpc) is 3.17. The fourth-order valence-corrected chi connectivity index (χ4v) is 3.86. The van der Waals surface area contributed by atoms with Gasteiger partial charge in [-0.3, -0.25) is 4.79 Å². The van der Waals surface area contributed by atoms with Crippen LogP contribution in [0.5, 0.6) is 5.75 Å². The van der Waals surface area contributed by atoms with E-state index in [1.54, 1.807) is 12.1 Å². The summed E-state index contributed by atoms with van der Waals surface area (Å²) in [5.41, 5.74) is 1.31. The monoisotopic (exact) mass is 441 g/mol. The third kappa shape index (κ3) is 2.62. The van der Waals surface area contributed by atoms with E-state index in [2.05, 4.69) is 15.4 Å². The van der Waals surface area contributed by atoms with Crippen molar-refractivity contribution in [3.8, 4) is 28.2 Å². The molecule has 8 nitrogen and oxygen atoms in total. The molecule has 3 N–H and O–H groups in total. The number of benzene rings is 3. The summed E-state index contributed by atoms with van der Waals surface area (Å²) >= 11 is 12.2. The van der Waals surface area contributed by atoms with Crippen LogP contribution in [0.4, 0.5) is 0 Å². The molecule has 0 spiro atoms. The molecule has 30 heavy (non-hydrogen) atoms. The Morgan fingerprint density at radius 3 is 2.60 bits per heavy atom. The zero-order valence-electron chi connectivity index (χ0n) is 14.7. The van der Waals surface area contributed by atoms with E-state index in [1.165, 1.54) is 24.3 Å². The van der Waals surface area contributed by atoms with Gasteiger partial charge < -0.3 is 14.6 Å². The van der Waals surface area contributed by atoms with Crippen LogP contribution in [0, 0.1) is 0 Å². The first kappa shape index (κ1) is 18.4. The molecule has 2 heterocycles. The molecule has 0 amide bonds. The molecule has 10 heteroatoms. The topological polar surface area (TPSA) is 129 Å². The number of phenolic OH excluding ortho intramolecular Hbond substituents is 1. The molecule has 148 valence electrons. The number of aromatic amines is 1. The van der Waals surface area contributed by atoms with Crippen molar-refractivity contribution in [2.45, 2.75) is 0 Å². The summed E-state index contributed by atoms with van der Waals surface area (Å²) in [7, 11) is 0. The molecule has 0 unspecified atom stereocenters. The first-order valence-corrected chi connectivity index (χ1v) is 9.26. The zero-order valence-corrected chi connectivity index (χ0v) is 16.2. The third-order valence-corrected chi connectivity index (χ3v) is 5.41. The van der Waals surface area contributed by atoms with Crippen LogP contribution < -0.4 is 5.43 Å². The van der Waals surface area contributed by atoms with Gasteiger partial charge in [0.05, 0.1) is 15.6 Å².